The number of likely N-dealkylation sites (tertiary alicyclic amines) is 1. The van der Waals surface area contributed by atoms with Crippen LogP contribution in [0, 0.1) is 5.92 Å². The number of fused-ring (bicyclic) bond motifs is 4. The molecule has 0 bridgehead atoms. The lowest BCUT2D eigenvalue weighted by Crippen LogP contribution is -2.37. The number of hydrogen-bond acceptors (Lipinski definition) is 4. The van der Waals surface area contributed by atoms with E-state index in [0.717, 1.165) is 42.3 Å². The standard InChI is InChI=1S/C23H26N2O3/c26-22(14-25-10-4-1-5-11-25)24-18-8-9-21-19(13-18)23-17(15-27-21)12-16-6-2-3-7-20(16)28-23/h2-3,6-9,13,17,23H,1,4-5,10-12,14-15H2,(H,24,26)/t17-,23-/m0/s1. The summed E-state index contributed by atoms with van der Waals surface area (Å²) in [5, 5.41) is 3.06. The van der Waals surface area contributed by atoms with Crippen LogP contribution >= 0.6 is 0 Å². The van der Waals surface area contributed by atoms with E-state index < -0.39 is 0 Å². The van der Waals surface area contributed by atoms with Crippen LogP contribution in [0.3, 0.4) is 0 Å². The summed E-state index contributed by atoms with van der Waals surface area (Å²) in [4.78, 5) is 14.7. The Labute approximate surface area is 165 Å². The first kappa shape index (κ1) is 17.6. The van der Waals surface area contributed by atoms with Gasteiger partial charge in [0, 0.05) is 17.2 Å². The largest absolute Gasteiger partial charge is 0.493 e. The molecule has 28 heavy (non-hydrogen) atoms. The highest BCUT2D eigenvalue weighted by atomic mass is 16.5. The molecule has 1 fully saturated rings. The maximum atomic E-state index is 12.5. The Morgan fingerprint density at radius 2 is 1.93 bits per heavy atom. The molecule has 146 valence electrons. The first-order valence-corrected chi connectivity index (χ1v) is 10.3. The molecule has 0 unspecified atom stereocenters. The van der Waals surface area contributed by atoms with Crippen LogP contribution in [0.5, 0.6) is 11.5 Å². The number of carbonyl (C=O) groups excluding carboxylic acids is 1. The number of benzene rings is 2. The molecule has 2 aromatic carbocycles. The number of piperidine rings is 1. The van der Waals surface area contributed by atoms with Gasteiger partial charge in [-0.2, -0.15) is 0 Å². The van der Waals surface area contributed by atoms with E-state index >= 15 is 0 Å². The van der Waals surface area contributed by atoms with Crippen molar-refractivity contribution in [2.45, 2.75) is 31.8 Å². The van der Waals surface area contributed by atoms with Gasteiger partial charge in [0.15, 0.2) is 0 Å². The van der Waals surface area contributed by atoms with Crippen molar-refractivity contribution < 1.29 is 14.3 Å². The number of amides is 1. The van der Waals surface area contributed by atoms with Crippen molar-refractivity contribution in [3.05, 3.63) is 53.6 Å². The van der Waals surface area contributed by atoms with E-state index in [2.05, 4.69) is 22.3 Å². The number of hydrogen-bond donors (Lipinski definition) is 1. The van der Waals surface area contributed by atoms with Gasteiger partial charge in [-0.25, -0.2) is 0 Å². The Morgan fingerprint density at radius 3 is 2.82 bits per heavy atom. The molecule has 5 heteroatoms. The quantitative estimate of drug-likeness (QED) is 0.883. The van der Waals surface area contributed by atoms with Crippen molar-refractivity contribution in [2.75, 3.05) is 31.6 Å². The fourth-order valence-corrected chi connectivity index (χ4v) is 4.57. The van der Waals surface area contributed by atoms with Crippen LogP contribution in [0.2, 0.25) is 0 Å². The van der Waals surface area contributed by atoms with Crippen LogP contribution in [0.4, 0.5) is 5.69 Å². The zero-order valence-corrected chi connectivity index (χ0v) is 16.0. The molecular formula is C23H26N2O3. The molecule has 1 N–H and O–H groups in total. The van der Waals surface area contributed by atoms with Gasteiger partial charge in [0.1, 0.15) is 17.6 Å². The van der Waals surface area contributed by atoms with Crippen LogP contribution in [-0.2, 0) is 11.2 Å². The Bertz CT molecular complexity index is 876. The molecule has 3 heterocycles. The summed E-state index contributed by atoms with van der Waals surface area (Å²) in [5.74, 6) is 2.15. The lowest BCUT2D eigenvalue weighted by atomic mass is 9.85. The number of rotatable bonds is 3. The van der Waals surface area contributed by atoms with E-state index in [-0.39, 0.29) is 12.0 Å². The third-order valence-corrected chi connectivity index (χ3v) is 6.01. The highest BCUT2D eigenvalue weighted by molar-refractivity contribution is 5.92. The topological polar surface area (TPSA) is 50.8 Å². The zero-order chi connectivity index (χ0) is 18.9. The normalized spacial score (nSPS) is 23.4. The van der Waals surface area contributed by atoms with E-state index in [9.17, 15) is 4.79 Å². The van der Waals surface area contributed by atoms with E-state index in [1.54, 1.807) is 0 Å². The predicted octanol–water partition coefficient (Wildman–Crippen LogP) is 3.80. The number of anilines is 1. The van der Waals surface area contributed by atoms with Gasteiger partial charge >= 0.3 is 0 Å². The molecule has 0 spiro atoms. The Balaban J connectivity index is 1.33. The summed E-state index contributed by atoms with van der Waals surface area (Å²) in [6.45, 7) is 3.15. The number of nitrogens with one attached hydrogen (secondary N) is 1. The molecule has 2 atom stereocenters. The van der Waals surface area contributed by atoms with E-state index in [1.807, 2.05) is 30.3 Å². The molecule has 2 aromatic rings. The van der Waals surface area contributed by atoms with Crippen molar-refractivity contribution in [2.24, 2.45) is 5.92 Å². The fraction of sp³-hybridized carbons (Fsp3) is 0.435. The Kier molecular flexibility index (Phi) is 4.69. The average Bonchev–Trinajstić information content (AvgIpc) is 2.73. The number of carbonyl (C=O) groups is 1. The zero-order valence-electron chi connectivity index (χ0n) is 16.0. The minimum atomic E-state index is -0.0300. The van der Waals surface area contributed by atoms with Crippen molar-refractivity contribution in [3.8, 4) is 11.5 Å². The molecule has 0 aliphatic carbocycles. The predicted molar refractivity (Wildman–Crippen MR) is 108 cm³/mol. The van der Waals surface area contributed by atoms with Gasteiger partial charge < -0.3 is 14.8 Å². The summed E-state index contributed by atoms with van der Waals surface area (Å²) in [6, 6.07) is 14.1. The highest BCUT2D eigenvalue weighted by Gasteiger charge is 2.37. The third-order valence-electron chi connectivity index (χ3n) is 6.01. The summed E-state index contributed by atoms with van der Waals surface area (Å²) < 4.78 is 12.3. The number of nitrogens with zero attached hydrogens (tertiary/aromatic N) is 1. The lowest BCUT2D eigenvalue weighted by molar-refractivity contribution is -0.117. The molecule has 3 aliphatic rings. The van der Waals surface area contributed by atoms with Gasteiger partial charge in [0.25, 0.3) is 0 Å². The molecule has 0 aromatic heterocycles. The van der Waals surface area contributed by atoms with Crippen LogP contribution < -0.4 is 14.8 Å². The summed E-state index contributed by atoms with van der Waals surface area (Å²) in [5.41, 5.74) is 3.08. The average molecular weight is 378 g/mol. The van der Waals surface area contributed by atoms with Crippen molar-refractivity contribution in [1.82, 2.24) is 4.90 Å². The molecule has 0 radical (unpaired) electrons. The lowest BCUT2D eigenvalue weighted by Gasteiger charge is -2.38. The van der Waals surface area contributed by atoms with Gasteiger partial charge in [-0.1, -0.05) is 24.6 Å². The maximum Gasteiger partial charge on any atom is 0.238 e. The molecule has 3 aliphatic heterocycles. The summed E-state index contributed by atoms with van der Waals surface area (Å²) in [6.07, 6.45) is 4.56. The van der Waals surface area contributed by atoms with E-state index in [4.69, 9.17) is 9.47 Å². The second-order valence-corrected chi connectivity index (χ2v) is 8.06. The van der Waals surface area contributed by atoms with Crippen molar-refractivity contribution in [1.29, 1.82) is 0 Å². The van der Waals surface area contributed by atoms with Crippen molar-refractivity contribution >= 4 is 11.6 Å². The second-order valence-electron chi connectivity index (χ2n) is 8.06. The minimum Gasteiger partial charge on any atom is -0.493 e. The molecule has 1 saturated heterocycles. The van der Waals surface area contributed by atoms with Crippen LogP contribution in [-0.4, -0.2) is 37.0 Å². The smallest absolute Gasteiger partial charge is 0.238 e. The van der Waals surface area contributed by atoms with Gasteiger partial charge in [-0.05, 0) is 62.2 Å². The number of ether oxygens (including phenoxy) is 2. The molecule has 5 nitrogen and oxygen atoms in total. The number of para-hydroxylation sites is 1. The van der Waals surface area contributed by atoms with Crippen LogP contribution in [0.15, 0.2) is 42.5 Å². The van der Waals surface area contributed by atoms with Gasteiger partial charge in [-0.3, -0.25) is 9.69 Å². The monoisotopic (exact) mass is 378 g/mol. The molecule has 1 amide bonds. The highest BCUT2D eigenvalue weighted by Crippen LogP contribution is 2.45. The van der Waals surface area contributed by atoms with E-state index in [0.29, 0.717) is 19.1 Å². The van der Waals surface area contributed by atoms with Gasteiger partial charge in [0.2, 0.25) is 5.91 Å². The molecular weight excluding hydrogens is 352 g/mol. The Hall–Kier alpha value is -2.53. The maximum absolute atomic E-state index is 12.5. The first-order chi connectivity index (χ1) is 13.8. The SMILES string of the molecule is O=C(CN1CCCCC1)Nc1ccc2c(c1)[C@H]1Oc3ccccc3C[C@H]1CO2. The molecule has 5 rings (SSSR count). The molecule has 0 saturated carbocycles. The minimum absolute atomic E-state index is 0.0300. The summed E-state index contributed by atoms with van der Waals surface area (Å²) >= 11 is 0. The third kappa shape index (κ3) is 3.47. The first-order valence-electron chi connectivity index (χ1n) is 10.3. The summed E-state index contributed by atoms with van der Waals surface area (Å²) in [7, 11) is 0. The Morgan fingerprint density at radius 1 is 1.07 bits per heavy atom. The van der Waals surface area contributed by atoms with Gasteiger partial charge in [-0.15, -0.1) is 0 Å². The second kappa shape index (κ2) is 7.47. The fourth-order valence-electron chi connectivity index (χ4n) is 4.57. The van der Waals surface area contributed by atoms with Crippen LogP contribution in [0.1, 0.15) is 36.5 Å². The van der Waals surface area contributed by atoms with E-state index in [1.165, 1.54) is 24.8 Å². The van der Waals surface area contributed by atoms with Crippen molar-refractivity contribution in [3.63, 3.8) is 0 Å². The van der Waals surface area contributed by atoms with Gasteiger partial charge in [0.05, 0.1) is 13.2 Å². The van der Waals surface area contributed by atoms with Crippen LogP contribution in [0.25, 0.3) is 0 Å².